The number of pyridine rings is 1. The van der Waals surface area contributed by atoms with Crippen molar-refractivity contribution >= 4 is 17.5 Å². The first kappa shape index (κ1) is 14.6. The van der Waals surface area contributed by atoms with Gasteiger partial charge >= 0.3 is 5.97 Å². The van der Waals surface area contributed by atoms with E-state index in [1.165, 1.54) is 32.1 Å². The van der Waals surface area contributed by atoms with Gasteiger partial charge in [-0.1, -0.05) is 19.3 Å². The van der Waals surface area contributed by atoms with Gasteiger partial charge in [0.15, 0.2) is 0 Å². The Morgan fingerprint density at radius 2 is 2.15 bits per heavy atom. The number of hydrogen-bond donors (Lipinski definition) is 1. The van der Waals surface area contributed by atoms with Gasteiger partial charge in [0, 0.05) is 13.1 Å². The Morgan fingerprint density at radius 3 is 2.80 bits per heavy atom. The highest BCUT2D eigenvalue weighted by Gasteiger charge is 2.21. The van der Waals surface area contributed by atoms with Crippen molar-refractivity contribution in [1.82, 2.24) is 4.98 Å². The van der Waals surface area contributed by atoms with Crippen molar-refractivity contribution in [3.8, 4) is 0 Å². The summed E-state index contributed by atoms with van der Waals surface area (Å²) in [6.07, 6.45) is 7.73. The molecule has 1 aliphatic carbocycles. The van der Waals surface area contributed by atoms with Gasteiger partial charge in [0.25, 0.3) is 0 Å². The van der Waals surface area contributed by atoms with E-state index in [9.17, 15) is 4.79 Å². The molecule has 110 valence electrons. The first-order valence-electron chi connectivity index (χ1n) is 7.29. The second-order valence-corrected chi connectivity index (χ2v) is 5.25. The summed E-state index contributed by atoms with van der Waals surface area (Å²) in [6.45, 7) is 2.12. The number of carbonyl (C=O) groups is 1. The van der Waals surface area contributed by atoms with Crippen LogP contribution in [-0.2, 0) is 4.74 Å². The lowest BCUT2D eigenvalue weighted by molar-refractivity contribution is 0.0527. The summed E-state index contributed by atoms with van der Waals surface area (Å²) in [5.41, 5.74) is 6.58. The molecule has 1 saturated carbocycles. The molecule has 5 heteroatoms. The highest BCUT2D eigenvalue weighted by Crippen LogP contribution is 2.26. The van der Waals surface area contributed by atoms with Crippen LogP contribution in [0.15, 0.2) is 12.3 Å². The summed E-state index contributed by atoms with van der Waals surface area (Å²) >= 11 is 0. The third-order valence-corrected chi connectivity index (χ3v) is 3.90. The van der Waals surface area contributed by atoms with Gasteiger partial charge in [-0.05, 0) is 25.8 Å². The molecule has 1 fully saturated rings. The van der Waals surface area contributed by atoms with Crippen LogP contribution in [-0.4, -0.2) is 30.6 Å². The molecule has 0 aliphatic heterocycles. The molecular formula is C15H23N3O2. The number of esters is 1. The first-order chi connectivity index (χ1) is 9.63. The Morgan fingerprint density at radius 1 is 1.45 bits per heavy atom. The molecule has 2 N–H and O–H groups in total. The monoisotopic (exact) mass is 277 g/mol. The fraction of sp³-hybridized carbons (Fsp3) is 0.600. The van der Waals surface area contributed by atoms with Gasteiger partial charge in [0.2, 0.25) is 0 Å². The quantitative estimate of drug-likeness (QED) is 0.857. The third kappa shape index (κ3) is 3.21. The largest absolute Gasteiger partial charge is 0.462 e. The number of hydrogen-bond acceptors (Lipinski definition) is 5. The van der Waals surface area contributed by atoms with Crippen LogP contribution < -0.4 is 10.6 Å². The zero-order valence-electron chi connectivity index (χ0n) is 12.3. The lowest BCUT2D eigenvalue weighted by Crippen LogP contribution is -2.34. The highest BCUT2D eigenvalue weighted by atomic mass is 16.5. The maximum Gasteiger partial charge on any atom is 0.340 e. The van der Waals surface area contributed by atoms with Gasteiger partial charge in [-0.2, -0.15) is 0 Å². The fourth-order valence-electron chi connectivity index (χ4n) is 2.69. The van der Waals surface area contributed by atoms with E-state index in [0.717, 1.165) is 5.82 Å². The summed E-state index contributed by atoms with van der Waals surface area (Å²) in [4.78, 5) is 18.4. The average molecular weight is 277 g/mol. The van der Waals surface area contributed by atoms with E-state index in [0.29, 0.717) is 23.9 Å². The van der Waals surface area contributed by atoms with E-state index in [4.69, 9.17) is 10.5 Å². The molecule has 0 aromatic carbocycles. The minimum Gasteiger partial charge on any atom is -0.462 e. The molecule has 0 saturated heterocycles. The molecule has 0 amide bonds. The molecule has 5 nitrogen and oxygen atoms in total. The molecule has 0 spiro atoms. The molecule has 0 atom stereocenters. The Kier molecular flexibility index (Phi) is 4.82. The van der Waals surface area contributed by atoms with Gasteiger partial charge in [-0.15, -0.1) is 0 Å². The Balaban J connectivity index is 2.19. The molecule has 1 heterocycles. The minimum absolute atomic E-state index is 0.342. The van der Waals surface area contributed by atoms with Crippen LogP contribution in [0.1, 0.15) is 49.4 Å². The first-order valence-corrected chi connectivity index (χ1v) is 7.29. The number of carbonyl (C=O) groups excluding carboxylic acids is 1. The predicted molar refractivity (Wildman–Crippen MR) is 79.9 cm³/mol. The SMILES string of the molecule is CCOC(=O)c1cc(N(C)C2CCCCC2)ncc1N. The number of nitrogens with two attached hydrogens (primary N) is 1. The van der Waals surface area contributed by atoms with Crippen molar-refractivity contribution in [2.24, 2.45) is 0 Å². The summed E-state index contributed by atoms with van der Waals surface area (Å²) < 4.78 is 5.02. The Bertz CT molecular complexity index is 470. The summed E-state index contributed by atoms with van der Waals surface area (Å²) in [7, 11) is 2.03. The zero-order valence-corrected chi connectivity index (χ0v) is 12.3. The van der Waals surface area contributed by atoms with Crippen LogP contribution >= 0.6 is 0 Å². The van der Waals surface area contributed by atoms with Crippen LogP contribution in [0.2, 0.25) is 0 Å². The Hall–Kier alpha value is -1.78. The topological polar surface area (TPSA) is 68.5 Å². The van der Waals surface area contributed by atoms with Crippen molar-refractivity contribution in [3.05, 3.63) is 17.8 Å². The van der Waals surface area contributed by atoms with Crippen molar-refractivity contribution in [1.29, 1.82) is 0 Å². The fourth-order valence-corrected chi connectivity index (χ4v) is 2.69. The van der Waals surface area contributed by atoms with Gasteiger partial charge in [-0.3, -0.25) is 0 Å². The van der Waals surface area contributed by atoms with Crippen molar-refractivity contribution in [2.45, 2.75) is 45.1 Å². The molecule has 20 heavy (non-hydrogen) atoms. The minimum atomic E-state index is -0.384. The Labute approximate surface area is 120 Å². The normalized spacial score (nSPS) is 15.9. The van der Waals surface area contributed by atoms with E-state index < -0.39 is 0 Å². The molecule has 2 rings (SSSR count). The lowest BCUT2D eigenvalue weighted by Gasteiger charge is -2.32. The second kappa shape index (κ2) is 6.59. The predicted octanol–water partition coefficient (Wildman–Crippen LogP) is 2.61. The van der Waals surface area contributed by atoms with Gasteiger partial charge in [0.1, 0.15) is 5.82 Å². The molecular weight excluding hydrogens is 254 g/mol. The smallest absolute Gasteiger partial charge is 0.340 e. The second-order valence-electron chi connectivity index (χ2n) is 5.25. The number of ether oxygens (including phenoxy) is 1. The van der Waals surface area contributed by atoms with E-state index in [1.807, 2.05) is 7.05 Å². The van der Waals surface area contributed by atoms with E-state index >= 15 is 0 Å². The van der Waals surface area contributed by atoms with Crippen LogP contribution in [0.4, 0.5) is 11.5 Å². The number of rotatable bonds is 4. The number of aromatic nitrogens is 1. The molecule has 0 radical (unpaired) electrons. The number of nitrogens with zero attached hydrogens (tertiary/aromatic N) is 2. The maximum atomic E-state index is 11.9. The summed E-state index contributed by atoms with van der Waals surface area (Å²) in [5, 5.41) is 0. The molecule has 1 aromatic rings. The summed E-state index contributed by atoms with van der Waals surface area (Å²) in [5.74, 6) is 0.403. The standard InChI is InChI=1S/C15H23N3O2/c1-3-20-15(19)12-9-14(17-10-13(12)16)18(2)11-7-5-4-6-8-11/h9-11H,3-8,16H2,1-2H3. The zero-order chi connectivity index (χ0) is 14.5. The lowest BCUT2D eigenvalue weighted by atomic mass is 9.94. The third-order valence-electron chi connectivity index (χ3n) is 3.90. The van der Waals surface area contributed by atoms with Crippen LogP contribution in [0, 0.1) is 0 Å². The number of anilines is 2. The van der Waals surface area contributed by atoms with Gasteiger partial charge in [0.05, 0.1) is 24.1 Å². The average Bonchev–Trinajstić information content (AvgIpc) is 2.48. The van der Waals surface area contributed by atoms with Gasteiger partial charge < -0.3 is 15.4 Å². The van der Waals surface area contributed by atoms with E-state index in [1.54, 1.807) is 19.2 Å². The van der Waals surface area contributed by atoms with Crippen molar-refractivity contribution in [2.75, 3.05) is 24.3 Å². The molecule has 0 unspecified atom stereocenters. The molecule has 0 bridgehead atoms. The molecule has 1 aromatic heterocycles. The van der Waals surface area contributed by atoms with Crippen LogP contribution in [0.3, 0.4) is 0 Å². The highest BCUT2D eigenvalue weighted by molar-refractivity contribution is 5.95. The molecule has 1 aliphatic rings. The summed E-state index contributed by atoms with van der Waals surface area (Å²) in [6, 6.07) is 2.23. The number of nitrogen functional groups attached to an aromatic ring is 1. The van der Waals surface area contributed by atoms with E-state index in [-0.39, 0.29) is 5.97 Å². The van der Waals surface area contributed by atoms with Crippen molar-refractivity contribution < 1.29 is 9.53 Å². The van der Waals surface area contributed by atoms with Crippen molar-refractivity contribution in [3.63, 3.8) is 0 Å². The van der Waals surface area contributed by atoms with Crippen LogP contribution in [0.25, 0.3) is 0 Å². The van der Waals surface area contributed by atoms with Gasteiger partial charge in [-0.25, -0.2) is 9.78 Å². The van der Waals surface area contributed by atoms with Crippen LogP contribution in [0.5, 0.6) is 0 Å². The van der Waals surface area contributed by atoms with E-state index in [2.05, 4.69) is 9.88 Å². The maximum absolute atomic E-state index is 11.9.